The summed E-state index contributed by atoms with van der Waals surface area (Å²) in [7, 11) is 0. The Labute approximate surface area is 137 Å². The van der Waals surface area contributed by atoms with Crippen LogP contribution in [-0.2, 0) is 0 Å². The van der Waals surface area contributed by atoms with Crippen molar-refractivity contribution in [1.82, 2.24) is 9.97 Å². The van der Waals surface area contributed by atoms with Crippen molar-refractivity contribution in [2.24, 2.45) is 0 Å². The molecule has 1 aromatic carbocycles. The molecular weight excluding hydrogens is 308 g/mol. The van der Waals surface area contributed by atoms with Gasteiger partial charge in [0, 0.05) is 34.7 Å². The number of aromatic nitrogens is 2. The fraction of sp³-hybridized carbons (Fsp3) is 0.111. The van der Waals surface area contributed by atoms with Gasteiger partial charge in [-0.25, -0.2) is 4.98 Å². The van der Waals surface area contributed by atoms with E-state index < -0.39 is 0 Å². The van der Waals surface area contributed by atoms with Crippen molar-refractivity contribution >= 4 is 34.2 Å². The number of carbonyl (C=O) groups is 1. The SMILES string of the molecule is O=C(c1cccc(O)c1)c1c[nH]c2ncc(C3=CSCC3)cc12. The third kappa shape index (κ3) is 2.53. The molecule has 4 rings (SSSR count). The molecule has 0 atom stereocenters. The Hall–Kier alpha value is -2.53. The highest BCUT2D eigenvalue weighted by molar-refractivity contribution is 8.02. The average Bonchev–Trinajstić information content (AvgIpc) is 3.23. The molecule has 2 aromatic heterocycles. The first-order chi connectivity index (χ1) is 11.2. The van der Waals surface area contributed by atoms with Crippen molar-refractivity contribution in [3.8, 4) is 5.75 Å². The molecule has 0 radical (unpaired) electrons. The standard InChI is InChI=1S/C18H14N2O2S/c21-14-3-1-2-11(6-14)17(22)16-9-20-18-15(16)7-13(8-19-18)12-4-5-23-10-12/h1-3,6-10,21H,4-5H2,(H,19,20). The second kappa shape index (κ2) is 5.59. The van der Waals surface area contributed by atoms with Crippen molar-refractivity contribution in [2.45, 2.75) is 6.42 Å². The van der Waals surface area contributed by atoms with E-state index in [0.717, 1.165) is 23.1 Å². The Morgan fingerprint density at radius 2 is 2.22 bits per heavy atom. The smallest absolute Gasteiger partial charge is 0.195 e. The molecule has 0 unspecified atom stereocenters. The van der Waals surface area contributed by atoms with E-state index in [-0.39, 0.29) is 11.5 Å². The van der Waals surface area contributed by atoms with Gasteiger partial charge >= 0.3 is 0 Å². The molecule has 0 spiro atoms. The van der Waals surface area contributed by atoms with Crippen LogP contribution in [-0.4, -0.2) is 26.6 Å². The highest BCUT2D eigenvalue weighted by atomic mass is 32.2. The third-order valence-electron chi connectivity index (χ3n) is 3.97. The maximum atomic E-state index is 12.7. The van der Waals surface area contributed by atoms with Crippen LogP contribution in [0.1, 0.15) is 27.9 Å². The second-order valence-corrected chi connectivity index (χ2v) is 6.44. The Morgan fingerprint density at radius 3 is 3.00 bits per heavy atom. The number of phenolic OH excluding ortho intramolecular Hbond substituents is 1. The van der Waals surface area contributed by atoms with Crippen molar-refractivity contribution in [1.29, 1.82) is 0 Å². The van der Waals surface area contributed by atoms with E-state index in [1.54, 1.807) is 36.2 Å². The molecule has 0 bridgehead atoms. The molecule has 0 amide bonds. The Kier molecular flexibility index (Phi) is 3.42. The van der Waals surface area contributed by atoms with Crippen LogP contribution in [0, 0.1) is 0 Å². The Balaban J connectivity index is 1.80. The lowest BCUT2D eigenvalue weighted by Gasteiger charge is -2.03. The number of aromatic amines is 1. The number of nitrogens with zero attached hydrogens (tertiary/aromatic N) is 1. The predicted octanol–water partition coefficient (Wildman–Crippen LogP) is 3.98. The molecule has 3 heterocycles. The molecule has 1 aliphatic heterocycles. The largest absolute Gasteiger partial charge is 0.508 e. The number of fused-ring (bicyclic) bond motifs is 1. The molecule has 0 saturated heterocycles. The first kappa shape index (κ1) is 14.1. The zero-order valence-corrected chi connectivity index (χ0v) is 13.1. The lowest BCUT2D eigenvalue weighted by molar-refractivity contribution is 0.104. The lowest BCUT2D eigenvalue weighted by atomic mass is 10.0. The molecule has 0 saturated carbocycles. The van der Waals surface area contributed by atoms with Crippen molar-refractivity contribution < 1.29 is 9.90 Å². The molecule has 23 heavy (non-hydrogen) atoms. The number of phenols is 1. The summed E-state index contributed by atoms with van der Waals surface area (Å²) in [6.07, 6.45) is 4.56. The van der Waals surface area contributed by atoms with Crippen LogP contribution in [0.2, 0.25) is 0 Å². The molecule has 5 heteroatoms. The van der Waals surface area contributed by atoms with Crippen LogP contribution in [0.3, 0.4) is 0 Å². The van der Waals surface area contributed by atoms with Crippen molar-refractivity contribution in [2.75, 3.05) is 5.75 Å². The number of pyridine rings is 1. The highest BCUT2D eigenvalue weighted by Gasteiger charge is 2.17. The molecule has 0 fully saturated rings. The van der Waals surface area contributed by atoms with Crippen LogP contribution in [0.5, 0.6) is 5.75 Å². The van der Waals surface area contributed by atoms with Gasteiger partial charge in [0.1, 0.15) is 11.4 Å². The van der Waals surface area contributed by atoms with Crippen LogP contribution >= 0.6 is 11.8 Å². The summed E-state index contributed by atoms with van der Waals surface area (Å²) >= 11 is 1.80. The summed E-state index contributed by atoms with van der Waals surface area (Å²) in [6, 6.07) is 8.42. The monoisotopic (exact) mass is 322 g/mol. The van der Waals surface area contributed by atoms with Crippen LogP contribution < -0.4 is 0 Å². The molecule has 1 aliphatic rings. The zero-order chi connectivity index (χ0) is 15.8. The van der Waals surface area contributed by atoms with Gasteiger partial charge in [0.2, 0.25) is 0 Å². The molecule has 3 aromatic rings. The number of benzene rings is 1. The van der Waals surface area contributed by atoms with E-state index in [1.165, 1.54) is 11.6 Å². The number of H-pyrrole nitrogens is 1. The van der Waals surface area contributed by atoms with E-state index in [1.807, 2.05) is 12.3 Å². The summed E-state index contributed by atoms with van der Waals surface area (Å²) < 4.78 is 0. The van der Waals surface area contributed by atoms with Gasteiger partial charge in [0.25, 0.3) is 0 Å². The zero-order valence-electron chi connectivity index (χ0n) is 12.2. The average molecular weight is 322 g/mol. The van der Waals surface area contributed by atoms with Crippen molar-refractivity contribution in [3.63, 3.8) is 0 Å². The van der Waals surface area contributed by atoms with Gasteiger partial charge in [-0.15, -0.1) is 11.8 Å². The fourth-order valence-electron chi connectivity index (χ4n) is 2.77. The minimum atomic E-state index is -0.124. The number of ketones is 1. The first-order valence-corrected chi connectivity index (χ1v) is 8.39. The quantitative estimate of drug-likeness (QED) is 0.716. The number of thioether (sulfide) groups is 1. The minimum Gasteiger partial charge on any atom is -0.508 e. The van der Waals surface area contributed by atoms with E-state index in [2.05, 4.69) is 15.4 Å². The summed E-state index contributed by atoms with van der Waals surface area (Å²) in [5.74, 6) is 1.05. The van der Waals surface area contributed by atoms with Gasteiger partial charge in [0.15, 0.2) is 5.78 Å². The van der Waals surface area contributed by atoms with E-state index in [4.69, 9.17) is 0 Å². The Bertz CT molecular complexity index is 943. The van der Waals surface area contributed by atoms with Crippen LogP contribution in [0.25, 0.3) is 16.6 Å². The Morgan fingerprint density at radius 1 is 1.30 bits per heavy atom. The number of hydrogen-bond acceptors (Lipinski definition) is 4. The van der Waals surface area contributed by atoms with Gasteiger partial charge in [-0.2, -0.15) is 0 Å². The summed E-state index contributed by atoms with van der Waals surface area (Å²) in [4.78, 5) is 20.2. The highest BCUT2D eigenvalue weighted by Crippen LogP contribution is 2.32. The number of nitrogens with one attached hydrogen (secondary N) is 1. The van der Waals surface area contributed by atoms with Crippen LogP contribution in [0.4, 0.5) is 0 Å². The topological polar surface area (TPSA) is 66.0 Å². The maximum absolute atomic E-state index is 12.7. The third-order valence-corrected chi connectivity index (χ3v) is 4.86. The first-order valence-electron chi connectivity index (χ1n) is 7.34. The van der Waals surface area contributed by atoms with Gasteiger partial charge in [-0.3, -0.25) is 4.79 Å². The van der Waals surface area contributed by atoms with Gasteiger partial charge in [-0.05, 0) is 41.2 Å². The summed E-state index contributed by atoms with van der Waals surface area (Å²) in [5.41, 5.74) is 4.06. The van der Waals surface area contributed by atoms with Gasteiger partial charge < -0.3 is 10.1 Å². The lowest BCUT2D eigenvalue weighted by Crippen LogP contribution is -2.00. The van der Waals surface area contributed by atoms with E-state index in [9.17, 15) is 9.90 Å². The van der Waals surface area contributed by atoms with Gasteiger partial charge in [0.05, 0.1) is 0 Å². The minimum absolute atomic E-state index is 0.0858. The number of carbonyl (C=O) groups excluding carboxylic acids is 1. The second-order valence-electron chi connectivity index (χ2n) is 5.47. The molecule has 2 N–H and O–H groups in total. The normalized spacial score (nSPS) is 14.2. The molecule has 4 nitrogen and oxygen atoms in total. The fourth-order valence-corrected chi connectivity index (χ4v) is 3.68. The number of aromatic hydroxyl groups is 1. The van der Waals surface area contributed by atoms with E-state index in [0.29, 0.717) is 16.8 Å². The number of rotatable bonds is 3. The molecule has 0 aliphatic carbocycles. The summed E-state index contributed by atoms with van der Waals surface area (Å²) in [5, 5.41) is 12.6. The van der Waals surface area contributed by atoms with E-state index >= 15 is 0 Å². The van der Waals surface area contributed by atoms with Gasteiger partial charge in [-0.1, -0.05) is 12.1 Å². The maximum Gasteiger partial charge on any atom is 0.195 e. The molecular formula is C18H14N2O2S. The molecule has 114 valence electrons. The number of allylic oxidation sites excluding steroid dienone is 1. The van der Waals surface area contributed by atoms with Crippen LogP contribution in [0.15, 0.2) is 48.1 Å². The summed E-state index contributed by atoms with van der Waals surface area (Å²) in [6.45, 7) is 0. The van der Waals surface area contributed by atoms with Crippen molar-refractivity contribution in [3.05, 3.63) is 64.8 Å². The number of hydrogen-bond donors (Lipinski definition) is 2. The predicted molar refractivity (Wildman–Crippen MR) is 92.7 cm³/mol.